The van der Waals surface area contributed by atoms with E-state index in [0.717, 1.165) is 38.8 Å². The van der Waals surface area contributed by atoms with Gasteiger partial charge in [-0.1, -0.05) is 0 Å². The molecule has 2 fully saturated rings. The standard InChI is InChI=1S/C15H18BrN3O2/c16-13-4-3-11(9-17-13)14(20)18-12-5-7-19(8-6-12)15(21)10-1-2-10/h3-4,9-10,12H,1-2,5-8H2,(H,18,20). The molecule has 6 heteroatoms. The molecule has 0 spiro atoms. The number of aromatic nitrogens is 1. The van der Waals surface area contributed by atoms with Gasteiger partial charge in [-0.25, -0.2) is 4.98 Å². The maximum atomic E-state index is 12.1. The zero-order valence-corrected chi connectivity index (χ0v) is 13.3. The first kappa shape index (κ1) is 14.5. The van der Waals surface area contributed by atoms with Crippen molar-refractivity contribution in [2.24, 2.45) is 5.92 Å². The highest BCUT2D eigenvalue weighted by atomic mass is 79.9. The number of rotatable bonds is 3. The van der Waals surface area contributed by atoms with Crippen LogP contribution in [0.1, 0.15) is 36.0 Å². The number of likely N-dealkylation sites (tertiary alicyclic amines) is 1. The Labute approximate surface area is 132 Å². The minimum Gasteiger partial charge on any atom is -0.349 e. The highest BCUT2D eigenvalue weighted by molar-refractivity contribution is 9.10. The Bertz CT molecular complexity index is 534. The van der Waals surface area contributed by atoms with Gasteiger partial charge in [0.05, 0.1) is 5.56 Å². The van der Waals surface area contributed by atoms with Crippen LogP contribution in [0.2, 0.25) is 0 Å². The second kappa shape index (κ2) is 6.13. The minimum absolute atomic E-state index is 0.0954. The second-order valence-corrected chi connectivity index (χ2v) is 6.53. The van der Waals surface area contributed by atoms with Crippen molar-refractivity contribution in [2.45, 2.75) is 31.7 Å². The van der Waals surface area contributed by atoms with E-state index in [1.807, 2.05) is 4.90 Å². The summed E-state index contributed by atoms with van der Waals surface area (Å²) in [5.41, 5.74) is 0.565. The largest absolute Gasteiger partial charge is 0.349 e. The summed E-state index contributed by atoms with van der Waals surface area (Å²) in [7, 11) is 0. The van der Waals surface area contributed by atoms with Gasteiger partial charge in [0.1, 0.15) is 4.60 Å². The highest BCUT2D eigenvalue weighted by Crippen LogP contribution is 2.31. The van der Waals surface area contributed by atoms with Gasteiger partial charge >= 0.3 is 0 Å². The van der Waals surface area contributed by atoms with E-state index < -0.39 is 0 Å². The summed E-state index contributed by atoms with van der Waals surface area (Å²) < 4.78 is 0.714. The smallest absolute Gasteiger partial charge is 0.253 e. The fourth-order valence-corrected chi connectivity index (χ4v) is 2.85. The molecule has 1 aromatic heterocycles. The molecule has 0 aromatic carbocycles. The normalized spacial score (nSPS) is 19.4. The zero-order valence-electron chi connectivity index (χ0n) is 11.7. The molecule has 1 saturated carbocycles. The quantitative estimate of drug-likeness (QED) is 0.847. The van der Waals surface area contributed by atoms with Gasteiger partial charge < -0.3 is 10.2 Å². The molecule has 0 radical (unpaired) electrons. The molecule has 5 nitrogen and oxygen atoms in total. The molecule has 1 aliphatic heterocycles. The van der Waals surface area contributed by atoms with Gasteiger partial charge in [0.15, 0.2) is 0 Å². The number of nitrogens with zero attached hydrogens (tertiary/aromatic N) is 2. The molecular formula is C15H18BrN3O2. The molecule has 1 N–H and O–H groups in total. The number of carbonyl (C=O) groups is 2. The summed E-state index contributed by atoms with van der Waals surface area (Å²) in [6.45, 7) is 1.50. The fourth-order valence-electron chi connectivity index (χ4n) is 2.61. The Hall–Kier alpha value is -1.43. The number of hydrogen-bond donors (Lipinski definition) is 1. The molecule has 0 bridgehead atoms. The van der Waals surface area contributed by atoms with Gasteiger partial charge in [0, 0.05) is 31.2 Å². The van der Waals surface area contributed by atoms with Gasteiger partial charge in [-0.05, 0) is 53.7 Å². The number of piperidine rings is 1. The summed E-state index contributed by atoms with van der Waals surface area (Å²) in [4.78, 5) is 30.1. The van der Waals surface area contributed by atoms with Crippen molar-refractivity contribution in [1.82, 2.24) is 15.2 Å². The van der Waals surface area contributed by atoms with Crippen LogP contribution < -0.4 is 5.32 Å². The van der Waals surface area contributed by atoms with Crippen LogP contribution in [-0.2, 0) is 4.79 Å². The van der Waals surface area contributed by atoms with Gasteiger partial charge in [0.25, 0.3) is 5.91 Å². The molecule has 1 aromatic rings. The molecule has 2 amide bonds. The average molecular weight is 352 g/mol. The SMILES string of the molecule is O=C(NC1CCN(C(=O)C2CC2)CC1)c1ccc(Br)nc1. The van der Waals surface area contributed by atoms with Crippen molar-refractivity contribution in [3.63, 3.8) is 0 Å². The summed E-state index contributed by atoms with van der Waals surface area (Å²) in [5, 5.41) is 3.03. The Balaban J connectivity index is 1.49. The van der Waals surface area contributed by atoms with Gasteiger partial charge in [-0.15, -0.1) is 0 Å². The maximum Gasteiger partial charge on any atom is 0.253 e. The van der Waals surface area contributed by atoms with Crippen LogP contribution >= 0.6 is 15.9 Å². The van der Waals surface area contributed by atoms with Crippen molar-refractivity contribution in [3.8, 4) is 0 Å². The first-order chi connectivity index (χ1) is 10.1. The molecule has 21 heavy (non-hydrogen) atoms. The third kappa shape index (κ3) is 3.61. The van der Waals surface area contributed by atoms with Crippen molar-refractivity contribution in [2.75, 3.05) is 13.1 Å². The number of amides is 2. The predicted molar refractivity (Wildman–Crippen MR) is 81.7 cm³/mol. The maximum absolute atomic E-state index is 12.1. The lowest BCUT2D eigenvalue weighted by Gasteiger charge is -2.32. The molecule has 1 aliphatic carbocycles. The van der Waals surface area contributed by atoms with Gasteiger partial charge in [-0.2, -0.15) is 0 Å². The van der Waals surface area contributed by atoms with Gasteiger partial charge in [-0.3, -0.25) is 9.59 Å². The van der Waals surface area contributed by atoms with Crippen molar-refractivity contribution in [1.29, 1.82) is 0 Å². The lowest BCUT2D eigenvalue weighted by atomic mass is 10.0. The number of nitrogens with one attached hydrogen (secondary N) is 1. The van der Waals surface area contributed by atoms with Crippen molar-refractivity contribution < 1.29 is 9.59 Å². The number of carbonyl (C=O) groups excluding carboxylic acids is 2. The molecule has 2 aliphatic rings. The van der Waals surface area contributed by atoms with Crippen LogP contribution in [-0.4, -0.2) is 40.8 Å². The second-order valence-electron chi connectivity index (χ2n) is 5.72. The Kier molecular flexibility index (Phi) is 4.24. The van der Waals surface area contributed by atoms with E-state index in [1.165, 1.54) is 0 Å². The first-order valence-corrected chi connectivity index (χ1v) is 8.14. The van der Waals surface area contributed by atoms with E-state index >= 15 is 0 Å². The monoisotopic (exact) mass is 351 g/mol. The summed E-state index contributed by atoms with van der Waals surface area (Å²) in [6.07, 6.45) is 5.31. The third-order valence-corrected chi connectivity index (χ3v) is 4.53. The van der Waals surface area contributed by atoms with Crippen molar-refractivity contribution >= 4 is 27.7 Å². The van der Waals surface area contributed by atoms with Crippen LogP contribution in [0.3, 0.4) is 0 Å². The van der Waals surface area contributed by atoms with Crippen LogP contribution in [0.25, 0.3) is 0 Å². The van der Waals surface area contributed by atoms with E-state index in [4.69, 9.17) is 0 Å². The lowest BCUT2D eigenvalue weighted by molar-refractivity contribution is -0.133. The van der Waals surface area contributed by atoms with E-state index in [1.54, 1.807) is 18.3 Å². The van der Waals surface area contributed by atoms with E-state index in [2.05, 4.69) is 26.2 Å². The topological polar surface area (TPSA) is 62.3 Å². The number of hydrogen-bond acceptors (Lipinski definition) is 3. The fraction of sp³-hybridized carbons (Fsp3) is 0.533. The molecule has 2 heterocycles. The zero-order chi connectivity index (χ0) is 14.8. The molecular weight excluding hydrogens is 334 g/mol. The Morgan fingerprint density at radius 2 is 1.90 bits per heavy atom. The summed E-state index contributed by atoms with van der Waals surface area (Å²) >= 11 is 3.25. The van der Waals surface area contributed by atoms with E-state index in [0.29, 0.717) is 16.1 Å². The average Bonchev–Trinajstić information content (AvgIpc) is 3.32. The molecule has 1 saturated heterocycles. The highest BCUT2D eigenvalue weighted by Gasteiger charge is 2.35. The summed E-state index contributed by atoms with van der Waals surface area (Å²) in [6, 6.07) is 3.65. The van der Waals surface area contributed by atoms with Crippen LogP contribution in [0, 0.1) is 5.92 Å². The van der Waals surface area contributed by atoms with Gasteiger partial charge in [0.2, 0.25) is 5.91 Å². The lowest BCUT2D eigenvalue weighted by Crippen LogP contribution is -2.47. The molecule has 0 unspecified atom stereocenters. The van der Waals surface area contributed by atoms with Crippen LogP contribution in [0.15, 0.2) is 22.9 Å². The Morgan fingerprint density at radius 3 is 2.48 bits per heavy atom. The minimum atomic E-state index is -0.0954. The molecule has 0 atom stereocenters. The van der Waals surface area contributed by atoms with Crippen molar-refractivity contribution in [3.05, 3.63) is 28.5 Å². The predicted octanol–water partition coefficient (Wildman–Crippen LogP) is 1.97. The molecule has 112 valence electrons. The van der Waals surface area contributed by atoms with E-state index in [-0.39, 0.29) is 17.9 Å². The van der Waals surface area contributed by atoms with E-state index in [9.17, 15) is 9.59 Å². The first-order valence-electron chi connectivity index (χ1n) is 7.34. The number of halogens is 1. The third-order valence-electron chi connectivity index (χ3n) is 4.06. The summed E-state index contributed by atoms with van der Waals surface area (Å²) in [5.74, 6) is 0.490. The van der Waals surface area contributed by atoms with Crippen LogP contribution in [0.4, 0.5) is 0 Å². The number of pyridine rings is 1. The Morgan fingerprint density at radius 1 is 1.19 bits per heavy atom. The molecule has 3 rings (SSSR count). The van der Waals surface area contributed by atoms with Crippen LogP contribution in [0.5, 0.6) is 0 Å².